The van der Waals surface area contributed by atoms with Crippen molar-refractivity contribution in [3.63, 3.8) is 0 Å². The number of tetrazole rings is 1. The van der Waals surface area contributed by atoms with E-state index in [0.717, 1.165) is 16.7 Å². The van der Waals surface area contributed by atoms with Gasteiger partial charge in [0, 0.05) is 0 Å². The van der Waals surface area contributed by atoms with Crippen LogP contribution in [0.1, 0.15) is 33.7 Å². The number of carbonyl (C=O) groups is 1. The van der Waals surface area contributed by atoms with Crippen molar-refractivity contribution in [1.82, 2.24) is 25.2 Å². The fourth-order valence-corrected chi connectivity index (χ4v) is 3.34. The van der Waals surface area contributed by atoms with Gasteiger partial charge in [-0.1, -0.05) is 48.6 Å². The molecule has 7 nitrogen and oxygen atoms in total. The number of nitrogens with one attached hydrogen (secondary N) is 1. The third kappa shape index (κ3) is 4.59. The van der Waals surface area contributed by atoms with Gasteiger partial charge in [-0.05, 0) is 71.7 Å². The predicted molar refractivity (Wildman–Crippen MR) is 121 cm³/mol. The van der Waals surface area contributed by atoms with Crippen LogP contribution in [-0.2, 0) is 0 Å². The molecule has 1 amide bonds. The number of nitrogens with zero attached hydrogens (tertiary/aromatic N) is 5. The summed E-state index contributed by atoms with van der Waals surface area (Å²) in [4.78, 5) is 17.3. The number of pyridine rings is 1. The quantitative estimate of drug-likeness (QED) is 0.660. The Labute approximate surface area is 184 Å². The van der Waals surface area contributed by atoms with Crippen molar-refractivity contribution < 1.29 is 9.18 Å². The lowest BCUT2D eigenvalue weighted by atomic mass is 9.94. The highest BCUT2D eigenvalue weighted by molar-refractivity contribution is 6.04. The van der Waals surface area contributed by atoms with Gasteiger partial charge in [0.1, 0.15) is 11.6 Å². The summed E-state index contributed by atoms with van der Waals surface area (Å²) in [7, 11) is 0. The molecule has 0 bridgehead atoms. The molecule has 1 aliphatic rings. The SMILES string of the molecule is Cc1cc(F)c(C(=O)Nc2cccc(-n3nnnc3C)n2)cc1/C1=C/C=C\C=C/C=C\C1. The van der Waals surface area contributed by atoms with E-state index in [1.807, 2.05) is 49.5 Å². The van der Waals surface area contributed by atoms with Crippen molar-refractivity contribution in [3.05, 3.63) is 101 Å². The van der Waals surface area contributed by atoms with E-state index < -0.39 is 11.7 Å². The lowest BCUT2D eigenvalue weighted by molar-refractivity contribution is 0.102. The molecule has 160 valence electrons. The van der Waals surface area contributed by atoms with Crippen LogP contribution >= 0.6 is 0 Å². The first-order valence-corrected chi connectivity index (χ1v) is 10.1. The molecular formula is C24H21FN6O. The van der Waals surface area contributed by atoms with Crippen LogP contribution in [0.2, 0.25) is 0 Å². The van der Waals surface area contributed by atoms with E-state index in [4.69, 9.17) is 0 Å². The Morgan fingerprint density at radius 3 is 2.72 bits per heavy atom. The molecule has 0 saturated heterocycles. The van der Waals surface area contributed by atoms with Gasteiger partial charge in [-0.15, -0.1) is 5.10 Å². The summed E-state index contributed by atoms with van der Waals surface area (Å²) >= 11 is 0. The molecule has 0 unspecified atom stereocenters. The van der Waals surface area contributed by atoms with Gasteiger partial charge in [0.2, 0.25) is 0 Å². The Hall–Kier alpha value is -4.20. The maximum atomic E-state index is 14.7. The van der Waals surface area contributed by atoms with Crippen molar-refractivity contribution in [3.8, 4) is 5.82 Å². The number of amides is 1. The highest BCUT2D eigenvalue weighted by atomic mass is 19.1. The second-order valence-electron chi connectivity index (χ2n) is 7.21. The average Bonchev–Trinajstić information content (AvgIpc) is 3.25. The second kappa shape index (κ2) is 9.30. The Balaban J connectivity index is 1.63. The van der Waals surface area contributed by atoms with Gasteiger partial charge in [0.25, 0.3) is 5.91 Å². The monoisotopic (exact) mass is 428 g/mol. The summed E-state index contributed by atoms with van der Waals surface area (Å²) in [6, 6.07) is 8.03. The lowest BCUT2D eigenvalue weighted by Crippen LogP contribution is -2.16. The zero-order valence-corrected chi connectivity index (χ0v) is 17.7. The van der Waals surface area contributed by atoms with E-state index in [2.05, 4.69) is 25.8 Å². The number of hydrogen-bond acceptors (Lipinski definition) is 5. The number of aromatic nitrogens is 5. The van der Waals surface area contributed by atoms with Crippen molar-refractivity contribution in [2.75, 3.05) is 5.32 Å². The molecule has 1 aliphatic carbocycles. The van der Waals surface area contributed by atoms with Gasteiger partial charge >= 0.3 is 0 Å². The highest BCUT2D eigenvalue weighted by Gasteiger charge is 2.17. The minimum absolute atomic E-state index is 0.0525. The van der Waals surface area contributed by atoms with Crippen molar-refractivity contribution in [1.29, 1.82) is 0 Å². The van der Waals surface area contributed by atoms with E-state index in [1.54, 1.807) is 31.2 Å². The molecule has 4 rings (SSSR count). The number of anilines is 1. The molecule has 0 saturated carbocycles. The third-order valence-corrected chi connectivity index (χ3v) is 4.94. The number of rotatable bonds is 4. The van der Waals surface area contributed by atoms with E-state index in [-0.39, 0.29) is 11.4 Å². The summed E-state index contributed by atoms with van der Waals surface area (Å²) in [6.07, 6.45) is 14.4. The number of hydrogen-bond donors (Lipinski definition) is 1. The molecule has 0 fully saturated rings. The first-order chi connectivity index (χ1) is 15.5. The van der Waals surface area contributed by atoms with Gasteiger partial charge in [-0.3, -0.25) is 4.79 Å². The summed E-state index contributed by atoms with van der Waals surface area (Å²) in [5, 5.41) is 14.0. The minimum Gasteiger partial charge on any atom is -0.306 e. The normalized spacial score (nSPS) is 17.9. The van der Waals surface area contributed by atoms with Crippen LogP contribution < -0.4 is 5.32 Å². The highest BCUT2D eigenvalue weighted by Crippen LogP contribution is 2.27. The third-order valence-electron chi connectivity index (χ3n) is 4.94. The van der Waals surface area contributed by atoms with Gasteiger partial charge in [0.15, 0.2) is 11.6 Å². The predicted octanol–water partition coefficient (Wildman–Crippen LogP) is 4.52. The number of halogens is 1. The molecule has 3 aromatic rings. The maximum absolute atomic E-state index is 14.7. The summed E-state index contributed by atoms with van der Waals surface area (Å²) in [5.74, 6) is 0.0866. The number of benzene rings is 1. The summed E-state index contributed by atoms with van der Waals surface area (Å²) in [5.41, 5.74) is 2.51. The molecule has 2 aromatic heterocycles. The zero-order valence-electron chi connectivity index (χ0n) is 17.7. The molecule has 1 aromatic carbocycles. The largest absolute Gasteiger partial charge is 0.306 e. The molecule has 32 heavy (non-hydrogen) atoms. The number of allylic oxidation sites excluding steroid dienone is 8. The molecule has 0 aliphatic heterocycles. The summed E-state index contributed by atoms with van der Waals surface area (Å²) in [6.45, 7) is 3.57. The fourth-order valence-electron chi connectivity index (χ4n) is 3.34. The number of aryl methyl sites for hydroxylation is 2. The lowest BCUT2D eigenvalue weighted by Gasteiger charge is -2.13. The summed E-state index contributed by atoms with van der Waals surface area (Å²) < 4.78 is 16.2. The fraction of sp³-hybridized carbons (Fsp3) is 0.125. The average molecular weight is 428 g/mol. The van der Waals surface area contributed by atoms with Gasteiger partial charge in [0.05, 0.1) is 5.56 Å². The maximum Gasteiger partial charge on any atom is 0.259 e. The minimum atomic E-state index is -0.590. The van der Waals surface area contributed by atoms with Crippen molar-refractivity contribution in [2.24, 2.45) is 0 Å². The molecule has 8 heteroatoms. The Bertz CT molecular complexity index is 1290. The Morgan fingerprint density at radius 2 is 1.91 bits per heavy atom. The topological polar surface area (TPSA) is 85.6 Å². The van der Waals surface area contributed by atoms with Crippen molar-refractivity contribution >= 4 is 17.3 Å². The number of carbonyl (C=O) groups excluding carboxylic acids is 1. The van der Waals surface area contributed by atoms with Crippen LogP contribution in [0.5, 0.6) is 0 Å². The van der Waals surface area contributed by atoms with E-state index in [0.29, 0.717) is 18.1 Å². The second-order valence-corrected chi connectivity index (χ2v) is 7.21. The Kier molecular flexibility index (Phi) is 6.12. The van der Waals surface area contributed by atoms with Crippen LogP contribution in [0.15, 0.2) is 72.9 Å². The molecule has 1 N–H and O–H groups in total. The Morgan fingerprint density at radius 1 is 1.09 bits per heavy atom. The van der Waals surface area contributed by atoms with E-state index >= 15 is 0 Å². The first kappa shape index (κ1) is 21.0. The first-order valence-electron chi connectivity index (χ1n) is 10.1. The zero-order chi connectivity index (χ0) is 22.5. The molecular weight excluding hydrogens is 407 g/mol. The standard InChI is InChI=1S/C24H21FN6O/c1-16-14-21(25)20(15-19(16)18-10-7-5-3-4-6-8-11-18)24(32)27-22-12-9-13-23(26-22)31-17(2)28-29-30-31/h3-10,12-15H,11H2,1-2H3,(H,26,27,32)/b4-3-,7-5-,8-6-,18-10+. The van der Waals surface area contributed by atoms with Crippen LogP contribution in [0, 0.1) is 19.7 Å². The smallest absolute Gasteiger partial charge is 0.259 e. The van der Waals surface area contributed by atoms with Crippen LogP contribution in [0.25, 0.3) is 11.4 Å². The van der Waals surface area contributed by atoms with Crippen LogP contribution in [0.4, 0.5) is 10.2 Å². The van der Waals surface area contributed by atoms with Gasteiger partial charge in [-0.25, -0.2) is 9.37 Å². The van der Waals surface area contributed by atoms with E-state index in [1.165, 1.54) is 10.7 Å². The molecule has 0 atom stereocenters. The van der Waals surface area contributed by atoms with Crippen molar-refractivity contribution in [2.45, 2.75) is 20.3 Å². The van der Waals surface area contributed by atoms with Crippen LogP contribution in [0.3, 0.4) is 0 Å². The van der Waals surface area contributed by atoms with Gasteiger partial charge < -0.3 is 5.32 Å². The molecule has 0 radical (unpaired) electrons. The van der Waals surface area contributed by atoms with Gasteiger partial charge in [-0.2, -0.15) is 4.68 Å². The molecule has 2 heterocycles. The van der Waals surface area contributed by atoms with Crippen LogP contribution in [-0.4, -0.2) is 31.1 Å². The van der Waals surface area contributed by atoms with E-state index in [9.17, 15) is 9.18 Å². The molecule has 0 spiro atoms.